The molecular weight excluding hydrogens is 302 g/mol. The first-order valence-corrected chi connectivity index (χ1v) is 7.78. The van der Waals surface area contributed by atoms with Gasteiger partial charge in [0.25, 0.3) is 0 Å². The summed E-state index contributed by atoms with van der Waals surface area (Å²) < 4.78 is 6.61. The Morgan fingerprint density at radius 1 is 1.43 bits per heavy atom. The van der Waals surface area contributed by atoms with E-state index in [1.54, 1.807) is 16.7 Å². The lowest BCUT2D eigenvalue weighted by molar-refractivity contribution is -0.156. The maximum absolute atomic E-state index is 12.4. The summed E-state index contributed by atoms with van der Waals surface area (Å²) in [5, 5.41) is 20.4. The minimum atomic E-state index is -0.889. The Balaban J connectivity index is 1.88. The zero-order chi connectivity index (χ0) is 16.7. The van der Waals surface area contributed by atoms with E-state index < -0.39 is 11.4 Å². The topological polar surface area (TPSA) is 110 Å². The number of likely N-dealkylation sites (tertiary alicyclic amines) is 1. The molecule has 1 N–H and O–H groups in total. The molecule has 1 aliphatic heterocycles. The second-order valence-electron chi connectivity index (χ2n) is 5.92. The summed E-state index contributed by atoms with van der Waals surface area (Å²) in [4.78, 5) is 25.7. The highest BCUT2D eigenvalue weighted by Gasteiger charge is 2.43. The number of aliphatic carboxylic acids is 1. The van der Waals surface area contributed by atoms with Crippen LogP contribution in [0.4, 0.5) is 0 Å². The van der Waals surface area contributed by atoms with Crippen LogP contribution in [0.25, 0.3) is 0 Å². The fourth-order valence-corrected chi connectivity index (χ4v) is 2.96. The molecule has 1 atom stereocenters. The number of aromatic nitrogens is 4. The van der Waals surface area contributed by atoms with Crippen LogP contribution in [-0.2, 0) is 20.9 Å². The number of carbonyl (C=O) groups is 2. The van der Waals surface area contributed by atoms with E-state index in [0.717, 1.165) is 0 Å². The summed E-state index contributed by atoms with van der Waals surface area (Å²) in [6.07, 6.45) is 4.20. The van der Waals surface area contributed by atoms with E-state index in [1.165, 1.54) is 6.33 Å². The molecule has 9 nitrogen and oxygen atoms in total. The van der Waals surface area contributed by atoms with E-state index in [4.69, 9.17) is 4.74 Å². The molecule has 0 radical (unpaired) electrons. The first-order chi connectivity index (χ1) is 11.1. The van der Waals surface area contributed by atoms with Gasteiger partial charge in [-0.1, -0.05) is 0 Å². The quantitative estimate of drug-likeness (QED) is 0.726. The number of hydrogen-bond acceptors (Lipinski definition) is 6. The van der Waals surface area contributed by atoms with Crippen molar-refractivity contribution in [2.75, 3.05) is 26.8 Å². The molecule has 128 valence electrons. The number of carboxylic acid groups (broad SMARTS) is 1. The molecule has 1 amide bonds. The highest BCUT2D eigenvalue weighted by atomic mass is 16.5. The second-order valence-corrected chi connectivity index (χ2v) is 5.92. The summed E-state index contributed by atoms with van der Waals surface area (Å²) in [7, 11) is 1.56. The number of tetrazole rings is 1. The smallest absolute Gasteiger partial charge is 0.311 e. The second kappa shape index (κ2) is 8.00. The van der Waals surface area contributed by atoms with Crippen molar-refractivity contribution < 1.29 is 19.4 Å². The number of hydrogen-bond donors (Lipinski definition) is 1. The molecule has 0 aromatic carbocycles. The van der Waals surface area contributed by atoms with Crippen LogP contribution in [-0.4, -0.2) is 68.9 Å². The third kappa shape index (κ3) is 4.47. The van der Waals surface area contributed by atoms with Gasteiger partial charge < -0.3 is 14.7 Å². The first-order valence-electron chi connectivity index (χ1n) is 7.78. The van der Waals surface area contributed by atoms with Gasteiger partial charge in [0.2, 0.25) is 5.91 Å². The van der Waals surface area contributed by atoms with Crippen LogP contribution in [0.15, 0.2) is 6.33 Å². The molecule has 23 heavy (non-hydrogen) atoms. The number of amides is 1. The fourth-order valence-electron chi connectivity index (χ4n) is 2.96. The molecule has 1 aliphatic rings. The van der Waals surface area contributed by atoms with Gasteiger partial charge in [-0.3, -0.25) is 9.59 Å². The predicted molar refractivity (Wildman–Crippen MR) is 79.4 cm³/mol. The number of nitrogens with zero attached hydrogens (tertiary/aromatic N) is 5. The van der Waals surface area contributed by atoms with Gasteiger partial charge in [0.05, 0.1) is 5.41 Å². The van der Waals surface area contributed by atoms with Crippen molar-refractivity contribution in [3.05, 3.63) is 6.33 Å². The molecule has 0 saturated carbocycles. The van der Waals surface area contributed by atoms with Crippen molar-refractivity contribution in [2.45, 2.75) is 38.6 Å². The van der Waals surface area contributed by atoms with Crippen LogP contribution in [0.1, 0.15) is 32.1 Å². The van der Waals surface area contributed by atoms with Gasteiger partial charge in [0, 0.05) is 39.8 Å². The van der Waals surface area contributed by atoms with E-state index in [2.05, 4.69) is 15.5 Å². The molecule has 0 aliphatic carbocycles. The lowest BCUT2D eigenvalue weighted by atomic mass is 9.77. The van der Waals surface area contributed by atoms with Gasteiger partial charge in [-0.05, 0) is 36.1 Å². The Morgan fingerprint density at radius 2 is 2.26 bits per heavy atom. The standard InChI is InChI=1S/C14H23N5O4/c1-23-9-6-14(13(21)22)5-3-7-18(10-14)12(20)4-2-8-19-11-15-16-17-19/h11H,2-10H2,1H3,(H,21,22). The van der Waals surface area contributed by atoms with Crippen molar-refractivity contribution >= 4 is 11.9 Å². The monoisotopic (exact) mass is 325 g/mol. The number of rotatable bonds is 8. The van der Waals surface area contributed by atoms with Crippen molar-refractivity contribution in [3.63, 3.8) is 0 Å². The number of carbonyl (C=O) groups excluding carboxylic acids is 1. The number of piperidine rings is 1. The van der Waals surface area contributed by atoms with Crippen LogP contribution in [0, 0.1) is 5.41 Å². The summed E-state index contributed by atoms with van der Waals surface area (Å²) in [5.41, 5.74) is -0.889. The number of aryl methyl sites for hydroxylation is 1. The largest absolute Gasteiger partial charge is 0.481 e. The third-order valence-corrected chi connectivity index (χ3v) is 4.34. The molecular formula is C14H23N5O4. The molecule has 9 heteroatoms. The predicted octanol–water partition coefficient (Wildman–Crippen LogP) is 0.183. The van der Waals surface area contributed by atoms with Crippen LogP contribution in [0.3, 0.4) is 0 Å². The Labute approximate surface area is 134 Å². The Morgan fingerprint density at radius 3 is 2.91 bits per heavy atom. The molecule has 0 spiro atoms. The molecule has 1 unspecified atom stereocenters. The molecule has 2 heterocycles. The Hall–Kier alpha value is -2.03. The van der Waals surface area contributed by atoms with Gasteiger partial charge in [0.15, 0.2) is 0 Å². The number of ether oxygens (including phenoxy) is 1. The van der Waals surface area contributed by atoms with E-state index in [0.29, 0.717) is 51.8 Å². The average Bonchev–Trinajstić information content (AvgIpc) is 3.06. The van der Waals surface area contributed by atoms with Crippen molar-refractivity contribution in [1.29, 1.82) is 0 Å². The van der Waals surface area contributed by atoms with Crippen LogP contribution in [0.2, 0.25) is 0 Å². The number of carboxylic acids is 1. The minimum Gasteiger partial charge on any atom is -0.481 e. The summed E-state index contributed by atoms with van der Waals surface area (Å²) in [6, 6.07) is 0. The zero-order valence-corrected chi connectivity index (χ0v) is 13.3. The van der Waals surface area contributed by atoms with Gasteiger partial charge >= 0.3 is 5.97 Å². The zero-order valence-electron chi connectivity index (χ0n) is 13.3. The SMILES string of the molecule is COCCC1(C(=O)O)CCCN(C(=O)CCCn2cnnn2)C1. The molecule has 0 bridgehead atoms. The van der Waals surface area contributed by atoms with Gasteiger partial charge in [-0.2, -0.15) is 0 Å². The van der Waals surface area contributed by atoms with E-state index in [-0.39, 0.29) is 12.5 Å². The van der Waals surface area contributed by atoms with E-state index >= 15 is 0 Å². The maximum atomic E-state index is 12.4. The maximum Gasteiger partial charge on any atom is 0.311 e. The molecule has 1 aromatic rings. The highest BCUT2D eigenvalue weighted by Crippen LogP contribution is 2.34. The fraction of sp³-hybridized carbons (Fsp3) is 0.786. The van der Waals surface area contributed by atoms with Gasteiger partial charge in [-0.15, -0.1) is 5.10 Å². The van der Waals surface area contributed by atoms with E-state index in [9.17, 15) is 14.7 Å². The van der Waals surface area contributed by atoms with Crippen LogP contribution < -0.4 is 0 Å². The van der Waals surface area contributed by atoms with Crippen molar-refractivity contribution in [1.82, 2.24) is 25.1 Å². The summed E-state index contributed by atoms with van der Waals surface area (Å²) >= 11 is 0. The van der Waals surface area contributed by atoms with Crippen LogP contribution >= 0.6 is 0 Å². The van der Waals surface area contributed by atoms with Crippen molar-refractivity contribution in [3.8, 4) is 0 Å². The molecule has 1 aromatic heterocycles. The summed E-state index contributed by atoms with van der Waals surface area (Å²) in [6.45, 7) is 1.83. The van der Waals surface area contributed by atoms with E-state index in [1.807, 2.05) is 0 Å². The lowest BCUT2D eigenvalue weighted by Gasteiger charge is -2.40. The molecule has 2 rings (SSSR count). The minimum absolute atomic E-state index is 0.0131. The van der Waals surface area contributed by atoms with Gasteiger partial charge in [-0.25, -0.2) is 4.68 Å². The Bertz CT molecular complexity index is 521. The molecule has 1 fully saturated rings. The number of methoxy groups -OCH3 is 1. The lowest BCUT2D eigenvalue weighted by Crippen LogP contribution is -2.50. The van der Waals surface area contributed by atoms with Crippen molar-refractivity contribution in [2.24, 2.45) is 5.41 Å². The average molecular weight is 325 g/mol. The van der Waals surface area contributed by atoms with Gasteiger partial charge in [0.1, 0.15) is 6.33 Å². The first kappa shape index (κ1) is 17.3. The highest BCUT2D eigenvalue weighted by molar-refractivity contribution is 5.79. The Kier molecular flexibility index (Phi) is 6.03. The normalized spacial score (nSPS) is 21.3. The van der Waals surface area contributed by atoms with Crippen LogP contribution in [0.5, 0.6) is 0 Å². The molecule has 1 saturated heterocycles. The third-order valence-electron chi connectivity index (χ3n) is 4.34. The summed E-state index contributed by atoms with van der Waals surface area (Å²) in [5.74, 6) is -0.860.